The third kappa shape index (κ3) is 4.33. The number of esters is 1. The lowest BCUT2D eigenvalue weighted by molar-refractivity contribution is -0.384. The fraction of sp³-hybridized carbons (Fsp3) is 0.368. The Balaban J connectivity index is 1.64. The molecule has 1 aliphatic rings. The second-order valence-electron chi connectivity index (χ2n) is 6.40. The molecule has 1 aromatic carbocycles. The topological polar surface area (TPSA) is 103 Å². The van der Waals surface area contributed by atoms with E-state index in [-0.39, 0.29) is 17.4 Å². The lowest BCUT2D eigenvalue weighted by Crippen LogP contribution is -2.42. The first-order valence-corrected chi connectivity index (χ1v) is 8.80. The Morgan fingerprint density at radius 3 is 2.41 bits per heavy atom. The Morgan fingerprint density at radius 1 is 1.11 bits per heavy atom. The molecule has 1 atom stereocenters. The van der Waals surface area contributed by atoms with E-state index in [1.807, 2.05) is 0 Å². The van der Waals surface area contributed by atoms with E-state index in [1.165, 1.54) is 30.3 Å². The van der Waals surface area contributed by atoms with Gasteiger partial charge in [0.05, 0.1) is 4.92 Å². The molecule has 0 radical (unpaired) electrons. The first kappa shape index (κ1) is 18.6. The zero-order valence-electron chi connectivity index (χ0n) is 14.9. The number of nitrogens with zero attached hydrogens (tertiary/aromatic N) is 2. The standard InChI is InChI=1S/C19H20N2O6/c1-13(18(22)20-11-3-2-4-12-20)26-19(23)17-10-9-16(27-17)14-5-7-15(8-6-14)21(24)25/h5-10,13H,2-4,11-12H2,1H3/t13-/m0/s1. The molecule has 2 heterocycles. The summed E-state index contributed by atoms with van der Waals surface area (Å²) in [5.41, 5.74) is 0.562. The third-order valence-corrected chi connectivity index (χ3v) is 4.47. The maximum absolute atomic E-state index is 12.3. The minimum absolute atomic E-state index is 0.0263. The van der Waals surface area contributed by atoms with E-state index < -0.39 is 17.0 Å². The molecule has 1 fully saturated rings. The van der Waals surface area contributed by atoms with Crippen LogP contribution in [0.1, 0.15) is 36.7 Å². The molecule has 8 nitrogen and oxygen atoms in total. The molecule has 0 unspecified atom stereocenters. The molecule has 0 aliphatic carbocycles. The summed E-state index contributed by atoms with van der Waals surface area (Å²) in [6, 6.07) is 8.82. The van der Waals surface area contributed by atoms with E-state index in [0.29, 0.717) is 24.4 Å². The summed E-state index contributed by atoms with van der Waals surface area (Å²) in [6.45, 7) is 2.92. The quantitative estimate of drug-likeness (QED) is 0.453. The molecular formula is C19H20N2O6. The van der Waals surface area contributed by atoms with E-state index in [4.69, 9.17) is 9.15 Å². The lowest BCUT2D eigenvalue weighted by atomic mass is 10.1. The number of likely N-dealkylation sites (tertiary alicyclic amines) is 1. The Bertz CT molecular complexity index is 836. The summed E-state index contributed by atoms with van der Waals surface area (Å²) in [6.07, 6.45) is 2.14. The largest absolute Gasteiger partial charge is 0.449 e. The van der Waals surface area contributed by atoms with Gasteiger partial charge in [-0.1, -0.05) is 0 Å². The number of hydrogen-bond acceptors (Lipinski definition) is 6. The second kappa shape index (κ2) is 8.03. The van der Waals surface area contributed by atoms with Crippen LogP contribution in [0, 0.1) is 10.1 Å². The van der Waals surface area contributed by atoms with Crippen molar-refractivity contribution in [3.05, 3.63) is 52.3 Å². The molecule has 1 amide bonds. The predicted molar refractivity (Wildman–Crippen MR) is 96.1 cm³/mol. The van der Waals surface area contributed by atoms with Gasteiger partial charge in [0.1, 0.15) is 5.76 Å². The molecule has 3 rings (SSSR count). The summed E-state index contributed by atoms with van der Waals surface area (Å²) in [4.78, 5) is 36.5. The molecule has 0 bridgehead atoms. The Hall–Kier alpha value is -3.16. The number of amides is 1. The SMILES string of the molecule is C[C@H](OC(=O)c1ccc(-c2ccc([N+](=O)[O-])cc2)o1)C(=O)N1CCCCC1. The van der Waals surface area contributed by atoms with Crippen LogP contribution in [0.15, 0.2) is 40.8 Å². The number of non-ortho nitro benzene ring substituents is 1. The van der Waals surface area contributed by atoms with Gasteiger partial charge in [-0.25, -0.2) is 4.79 Å². The van der Waals surface area contributed by atoms with Crippen LogP contribution in [0.2, 0.25) is 0 Å². The van der Waals surface area contributed by atoms with Gasteiger partial charge >= 0.3 is 5.97 Å². The minimum atomic E-state index is -0.886. The van der Waals surface area contributed by atoms with E-state index in [1.54, 1.807) is 17.9 Å². The average Bonchev–Trinajstić information content (AvgIpc) is 3.18. The van der Waals surface area contributed by atoms with Crippen LogP contribution in [0.3, 0.4) is 0 Å². The number of carbonyl (C=O) groups excluding carboxylic acids is 2. The predicted octanol–water partition coefficient (Wildman–Crippen LogP) is 3.41. The van der Waals surface area contributed by atoms with Crippen molar-refractivity contribution in [3.63, 3.8) is 0 Å². The zero-order chi connectivity index (χ0) is 19.4. The second-order valence-corrected chi connectivity index (χ2v) is 6.40. The number of carbonyl (C=O) groups is 2. The van der Waals surface area contributed by atoms with Gasteiger partial charge in [0.15, 0.2) is 6.10 Å². The van der Waals surface area contributed by atoms with Crippen LogP contribution < -0.4 is 0 Å². The van der Waals surface area contributed by atoms with Crippen molar-refractivity contribution in [1.29, 1.82) is 0 Å². The average molecular weight is 372 g/mol. The van der Waals surface area contributed by atoms with Crippen molar-refractivity contribution in [2.24, 2.45) is 0 Å². The molecular weight excluding hydrogens is 352 g/mol. The van der Waals surface area contributed by atoms with Crippen LogP contribution in [0.5, 0.6) is 0 Å². The summed E-state index contributed by atoms with van der Waals surface area (Å²) in [5.74, 6) is -0.570. The summed E-state index contributed by atoms with van der Waals surface area (Å²) in [7, 11) is 0. The Morgan fingerprint density at radius 2 is 1.78 bits per heavy atom. The molecule has 142 valence electrons. The summed E-state index contributed by atoms with van der Waals surface area (Å²) >= 11 is 0. The molecule has 1 aromatic heterocycles. The highest BCUT2D eigenvalue weighted by Gasteiger charge is 2.26. The third-order valence-electron chi connectivity index (χ3n) is 4.47. The number of piperidine rings is 1. The van der Waals surface area contributed by atoms with E-state index in [2.05, 4.69) is 0 Å². The van der Waals surface area contributed by atoms with Crippen molar-refractivity contribution < 1.29 is 23.7 Å². The number of benzene rings is 1. The molecule has 0 N–H and O–H groups in total. The van der Waals surface area contributed by atoms with Gasteiger partial charge in [-0.3, -0.25) is 14.9 Å². The van der Waals surface area contributed by atoms with E-state index in [0.717, 1.165) is 19.3 Å². The fourth-order valence-electron chi connectivity index (χ4n) is 2.99. The first-order valence-electron chi connectivity index (χ1n) is 8.80. The van der Waals surface area contributed by atoms with Crippen LogP contribution in [0.25, 0.3) is 11.3 Å². The van der Waals surface area contributed by atoms with Gasteiger partial charge < -0.3 is 14.1 Å². The number of ether oxygens (including phenoxy) is 1. The van der Waals surface area contributed by atoms with E-state index >= 15 is 0 Å². The molecule has 2 aromatic rings. The molecule has 27 heavy (non-hydrogen) atoms. The van der Waals surface area contributed by atoms with Gasteiger partial charge in [-0.05, 0) is 50.5 Å². The van der Waals surface area contributed by atoms with Gasteiger partial charge in [0.25, 0.3) is 11.6 Å². The lowest BCUT2D eigenvalue weighted by Gasteiger charge is -2.28. The maximum atomic E-state index is 12.3. The maximum Gasteiger partial charge on any atom is 0.375 e. The Labute approximate surface area is 155 Å². The zero-order valence-corrected chi connectivity index (χ0v) is 14.9. The van der Waals surface area contributed by atoms with Gasteiger partial charge in [-0.2, -0.15) is 0 Å². The molecule has 0 saturated carbocycles. The van der Waals surface area contributed by atoms with Crippen LogP contribution >= 0.6 is 0 Å². The highest BCUT2D eigenvalue weighted by Crippen LogP contribution is 2.25. The highest BCUT2D eigenvalue weighted by atomic mass is 16.6. The molecule has 8 heteroatoms. The number of nitro benzene ring substituents is 1. The van der Waals surface area contributed by atoms with Gasteiger partial charge in [0, 0.05) is 30.8 Å². The number of furan rings is 1. The van der Waals surface area contributed by atoms with Crippen molar-refractivity contribution >= 4 is 17.6 Å². The number of hydrogen-bond donors (Lipinski definition) is 0. The summed E-state index contributed by atoms with van der Waals surface area (Å²) in [5, 5.41) is 10.7. The first-order chi connectivity index (χ1) is 13.0. The van der Waals surface area contributed by atoms with E-state index in [9.17, 15) is 19.7 Å². The molecule has 1 saturated heterocycles. The normalized spacial score (nSPS) is 15.2. The monoisotopic (exact) mass is 372 g/mol. The van der Waals surface area contributed by atoms with Gasteiger partial charge in [0.2, 0.25) is 5.76 Å². The van der Waals surface area contributed by atoms with Crippen molar-refractivity contribution in [1.82, 2.24) is 4.90 Å². The van der Waals surface area contributed by atoms with Crippen molar-refractivity contribution in [2.45, 2.75) is 32.3 Å². The summed E-state index contributed by atoms with van der Waals surface area (Å²) < 4.78 is 10.7. The minimum Gasteiger partial charge on any atom is -0.449 e. The van der Waals surface area contributed by atoms with Crippen LogP contribution in [0.4, 0.5) is 5.69 Å². The van der Waals surface area contributed by atoms with Crippen LogP contribution in [-0.4, -0.2) is 40.9 Å². The van der Waals surface area contributed by atoms with Crippen molar-refractivity contribution in [3.8, 4) is 11.3 Å². The highest BCUT2D eigenvalue weighted by molar-refractivity contribution is 5.90. The Kier molecular flexibility index (Phi) is 5.54. The number of nitro groups is 1. The smallest absolute Gasteiger partial charge is 0.375 e. The molecule has 1 aliphatic heterocycles. The molecule has 0 spiro atoms. The van der Waals surface area contributed by atoms with Crippen molar-refractivity contribution in [2.75, 3.05) is 13.1 Å². The van der Waals surface area contributed by atoms with Gasteiger partial charge in [-0.15, -0.1) is 0 Å². The van der Waals surface area contributed by atoms with Crippen LogP contribution in [-0.2, 0) is 9.53 Å². The number of rotatable bonds is 5. The fourth-order valence-corrected chi connectivity index (χ4v) is 2.99.